The number of piperazine rings is 1. The number of nitrogens with zero attached hydrogens (tertiary/aromatic N) is 3. The molecule has 0 unspecified atom stereocenters. The van der Waals surface area contributed by atoms with E-state index < -0.39 is 5.54 Å². The van der Waals surface area contributed by atoms with Gasteiger partial charge in [-0.15, -0.1) is 0 Å². The Morgan fingerprint density at radius 2 is 2.00 bits per heavy atom. The molecule has 1 aromatic heterocycles. The zero-order chi connectivity index (χ0) is 15.4. The van der Waals surface area contributed by atoms with Gasteiger partial charge in [0.05, 0.1) is 0 Å². The topological polar surface area (TPSA) is 45.5 Å². The van der Waals surface area contributed by atoms with E-state index in [9.17, 15) is 9.59 Å². The molecular weight excluding hydrogens is 334 g/mol. The highest BCUT2D eigenvalue weighted by Gasteiger charge is 2.44. The molecule has 0 N–H and O–H groups in total. The molecule has 1 saturated carbocycles. The van der Waals surface area contributed by atoms with Crippen LogP contribution >= 0.6 is 15.9 Å². The minimum atomic E-state index is -0.796. The number of halogens is 1. The van der Waals surface area contributed by atoms with Crippen LogP contribution in [0.5, 0.6) is 0 Å². The molecule has 1 aliphatic carbocycles. The average Bonchev–Trinajstić information content (AvgIpc) is 3.18. The summed E-state index contributed by atoms with van der Waals surface area (Å²) in [7, 11) is 1.79. The van der Waals surface area contributed by atoms with Gasteiger partial charge in [-0.3, -0.25) is 9.59 Å². The van der Waals surface area contributed by atoms with Crippen LogP contribution in [0.15, 0.2) is 16.7 Å². The van der Waals surface area contributed by atoms with Crippen molar-refractivity contribution < 1.29 is 9.59 Å². The van der Waals surface area contributed by atoms with E-state index >= 15 is 0 Å². The molecule has 1 aliphatic heterocycles. The summed E-state index contributed by atoms with van der Waals surface area (Å²) in [5.74, 6) is -0.0651. The summed E-state index contributed by atoms with van der Waals surface area (Å²) >= 11 is 3.45. The molecule has 5 nitrogen and oxygen atoms in total. The first-order valence-corrected chi connectivity index (χ1v) is 8.06. The Labute approximate surface area is 133 Å². The normalized spacial score (nSPS) is 21.8. The van der Waals surface area contributed by atoms with Crippen LogP contribution in [0, 0.1) is 0 Å². The summed E-state index contributed by atoms with van der Waals surface area (Å²) in [6, 6.07) is 2.29. The van der Waals surface area contributed by atoms with E-state index in [-0.39, 0.29) is 11.8 Å². The van der Waals surface area contributed by atoms with Crippen molar-refractivity contribution >= 4 is 27.7 Å². The van der Waals surface area contributed by atoms with Crippen LogP contribution < -0.4 is 0 Å². The number of amides is 2. The van der Waals surface area contributed by atoms with Crippen LogP contribution in [0.3, 0.4) is 0 Å². The fraction of sp³-hybridized carbons (Fsp3) is 0.600. The number of carbonyl (C=O) groups is 2. The van der Waals surface area contributed by atoms with E-state index in [1.807, 2.05) is 30.7 Å². The van der Waals surface area contributed by atoms with E-state index in [1.165, 1.54) is 0 Å². The van der Waals surface area contributed by atoms with Crippen LogP contribution in [0.1, 0.15) is 43.2 Å². The first-order chi connectivity index (χ1) is 9.82. The lowest BCUT2D eigenvalue weighted by Gasteiger charge is -2.44. The SMILES string of the molecule is CN1CCN(C(=O)c2cc(Br)cn2C2CC2)C(C)(C)C1=O. The molecule has 0 aromatic carbocycles. The highest BCUT2D eigenvalue weighted by molar-refractivity contribution is 9.10. The molecule has 2 aliphatic rings. The molecule has 6 heteroatoms. The maximum Gasteiger partial charge on any atom is 0.271 e. The van der Waals surface area contributed by atoms with Gasteiger partial charge in [0.1, 0.15) is 11.2 Å². The molecule has 0 radical (unpaired) electrons. The van der Waals surface area contributed by atoms with Gasteiger partial charge >= 0.3 is 0 Å². The molecule has 3 rings (SSSR count). The Balaban J connectivity index is 1.93. The van der Waals surface area contributed by atoms with E-state index in [2.05, 4.69) is 15.9 Å². The number of rotatable bonds is 2. The third-order valence-corrected chi connectivity index (χ3v) is 4.86. The second-order valence-corrected chi connectivity index (χ2v) is 7.34. The largest absolute Gasteiger partial charge is 0.342 e. The summed E-state index contributed by atoms with van der Waals surface area (Å²) in [5.41, 5.74) is -0.121. The highest BCUT2D eigenvalue weighted by Crippen LogP contribution is 2.38. The Kier molecular flexibility index (Phi) is 3.39. The van der Waals surface area contributed by atoms with Crippen molar-refractivity contribution in [3.8, 4) is 0 Å². The predicted octanol–water partition coefficient (Wildman–Crippen LogP) is 2.28. The number of likely N-dealkylation sites (N-methyl/N-ethyl adjacent to an activating group) is 1. The number of aromatic nitrogens is 1. The molecule has 2 amide bonds. The first kappa shape index (κ1) is 14.6. The van der Waals surface area contributed by atoms with E-state index in [0.29, 0.717) is 24.8 Å². The molecule has 2 fully saturated rings. The molecule has 0 atom stereocenters. The lowest BCUT2D eigenvalue weighted by atomic mass is 9.97. The van der Waals surface area contributed by atoms with Crippen LogP contribution in [0.4, 0.5) is 0 Å². The third-order valence-electron chi connectivity index (χ3n) is 4.42. The molecule has 1 saturated heterocycles. The number of hydrogen-bond donors (Lipinski definition) is 0. The monoisotopic (exact) mass is 353 g/mol. The molecular formula is C15H20BrN3O2. The van der Waals surface area contributed by atoms with Gasteiger partial charge in [-0.05, 0) is 48.7 Å². The second-order valence-electron chi connectivity index (χ2n) is 6.42. The van der Waals surface area contributed by atoms with E-state index in [0.717, 1.165) is 17.3 Å². The van der Waals surface area contributed by atoms with Gasteiger partial charge in [0, 0.05) is 36.8 Å². The minimum absolute atomic E-state index is 0.00862. The van der Waals surface area contributed by atoms with Gasteiger partial charge < -0.3 is 14.4 Å². The Hall–Kier alpha value is -1.30. The lowest BCUT2D eigenvalue weighted by Crippen LogP contribution is -2.63. The van der Waals surface area contributed by atoms with Crippen molar-refractivity contribution in [3.63, 3.8) is 0 Å². The van der Waals surface area contributed by atoms with Crippen LogP contribution in [-0.4, -0.2) is 51.9 Å². The van der Waals surface area contributed by atoms with Gasteiger partial charge in [-0.25, -0.2) is 0 Å². The van der Waals surface area contributed by atoms with Crippen molar-refractivity contribution in [2.45, 2.75) is 38.3 Å². The number of carbonyl (C=O) groups excluding carboxylic acids is 2. The summed E-state index contributed by atoms with van der Waals surface area (Å²) in [6.45, 7) is 4.80. The molecule has 1 aromatic rings. The lowest BCUT2D eigenvalue weighted by molar-refractivity contribution is -0.144. The van der Waals surface area contributed by atoms with Crippen LogP contribution in [0.2, 0.25) is 0 Å². The maximum atomic E-state index is 12.9. The zero-order valence-electron chi connectivity index (χ0n) is 12.6. The third kappa shape index (κ3) is 2.39. The van der Waals surface area contributed by atoms with Crippen molar-refractivity contribution in [2.24, 2.45) is 0 Å². The van der Waals surface area contributed by atoms with E-state index in [4.69, 9.17) is 0 Å². The van der Waals surface area contributed by atoms with Gasteiger partial charge in [0.2, 0.25) is 5.91 Å². The van der Waals surface area contributed by atoms with Gasteiger partial charge in [-0.2, -0.15) is 0 Å². The maximum absolute atomic E-state index is 12.9. The Morgan fingerprint density at radius 1 is 1.33 bits per heavy atom. The summed E-state index contributed by atoms with van der Waals surface area (Å²) in [5, 5.41) is 0. The molecule has 2 heterocycles. The smallest absolute Gasteiger partial charge is 0.271 e. The minimum Gasteiger partial charge on any atom is -0.342 e. The quantitative estimate of drug-likeness (QED) is 0.818. The van der Waals surface area contributed by atoms with Crippen LogP contribution in [0.25, 0.3) is 0 Å². The average molecular weight is 354 g/mol. The fourth-order valence-corrected chi connectivity index (χ4v) is 3.42. The van der Waals surface area contributed by atoms with Crippen molar-refractivity contribution in [1.29, 1.82) is 0 Å². The first-order valence-electron chi connectivity index (χ1n) is 7.27. The fourth-order valence-electron chi connectivity index (χ4n) is 2.98. The Morgan fingerprint density at radius 3 is 2.62 bits per heavy atom. The summed E-state index contributed by atoms with van der Waals surface area (Å²) in [6.07, 6.45) is 4.20. The molecule has 0 spiro atoms. The highest BCUT2D eigenvalue weighted by atomic mass is 79.9. The summed E-state index contributed by atoms with van der Waals surface area (Å²) in [4.78, 5) is 28.7. The Bertz CT molecular complexity index is 604. The van der Waals surface area contributed by atoms with Gasteiger partial charge in [0.25, 0.3) is 5.91 Å². The molecule has 114 valence electrons. The van der Waals surface area contributed by atoms with Crippen LogP contribution in [-0.2, 0) is 4.79 Å². The molecule has 21 heavy (non-hydrogen) atoms. The number of hydrogen-bond acceptors (Lipinski definition) is 2. The van der Waals surface area contributed by atoms with Crippen molar-refractivity contribution in [1.82, 2.24) is 14.4 Å². The second kappa shape index (κ2) is 4.87. The van der Waals surface area contributed by atoms with E-state index in [1.54, 1.807) is 16.8 Å². The predicted molar refractivity (Wildman–Crippen MR) is 83.2 cm³/mol. The van der Waals surface area contributed by atoms with Gasteiger partial charge in [0.15, 0.2) is 0 Å². The van der Waals surface area contributed by atoms with Gasteiger partial charge in [-0.1, -0.05) is 0 Å². The van der Waals surface area contributed by atoms with Crippen molar-refractivity contribution in [3.05, 3.63) is 22.4 Å². The molecule has 0 bridgehead atoms. The zero-order valence-corrected chi connectivity index (χ0v) is 14.2. The summed E-state index contributed by atoms with van der Waals surface area (Å²) < 4.78 is 2.96. The standard InChI is InChI=1S/C15H20BrN3O2/c1-15(2)14(21)17(3)6-7-19(15)13(20)12-8-10(16)9-18(12)11-4-5-11/h8-9,11H,4-7H2,1-3H3. The van der Waals surface area contributed by atoms with Crippen molar-refractivity contribution in [2.75, 3.05) is 20.1 Å².